The zero-order valence-electron chi connectivity index (χ0n) is 10.5. The zero-order chi connectivity index (χ0) is 11.9. The fraction of sp³-hybridized carbons (Fsp3) is 0.600. The molecule has 0 saturated heterocycles. The van der Waals surface area contributed by atoms with Crippen LogP contribution >= 0.6 is 0 Å². The van der Waals surface area contributed by atoms with Gasteiger partial charge >= 0.3 is 0 Å². The summed E-state index contributed by atoms with van der Waals surface area (Å²) in [4.78, 5) is 2.20. The van der Waals surface area contributed by atoms with E-state index >= 15 is 0 Å². The summed E-state index contributed by atoms with van der Waals surface area (Å²) in [5.41, 5.74) is 1.75. The number of hydrogen-bond acceptors (Lipinski definition) is 2. The molecule has 1 heterocycles. The first-order chi connectivity index (χ1) is 8.22. The van der Waals surface area contributed by atoms with Crippen LogP contribution in [0.3, 0.4) is 0 Å². The standard InChI is InChI=1S/C15H21NO/c1-16-11-15(17,12-7-3-2-4-8-12)13-9-5-6-10-14(13)16/h5-6,9-10,12,17H,2-4,7-8,11H2,1H3. The molecule has 92 valence electrons. The molecule has 0 spiro atoms. The molecule has 1 N–H and O–H groups in total. The van der Waals surface area contributed by atoms with Crippen LogP contribution in [-0.4, -0.2) is 18.7 Å². The normalized spacial score (nSPS) is 29.4. The van der Waals surface area contributed by atoms with Gasteiger partial charge in [-0.25, -0.2) is 0 Å². The third-order valence-electron chi connectivity index (χ3n) is 4.54. The van der Waals surface area contributed by atoms with Gasteiger partial charge < -0.3 is 10.0 Å². The number of para-hydroxylation sites is 1. The minimum atomic E-state index is -0.605. The Morgan fingerprint density at radius 3 is 2.65 bits per heavy atom. The topological polar surface area (TPSA) is 23.5 Å². The van der Waals surface area contributed by atoms with Crippen molar-refractivity contribution in [2.45, 2.75) is 37.7 Å². The Bertz CT molecular complexity index is 411. The summed E-state index contributed by atoms with van der Waals surface area (Å²) in [5.74, 6) is 0.447. The van der Waals surface area contributed by atoms with Crippen molar-refractivity contribution in [3.63, 3.8) is 0 Å². The molecule has 0 amide bonds. The first-order valence-corrected chi connectivity index (χ1v) is 6.75. The van der Waals surface area contributed by atoms with E-state index in [2.05, 4.69) is 30.1 Å². The van der Waals surface area contributed by atoms with Crippen molar-refractivity contribution in [1.29, 1.82) is 0 Å². The quantitative estimate of drug-likeness (QED) is 0.803. The van der Waals surface area contributed by atoms with E-state index in [1.165, 1.54) is 37.8 Å². The number of rotatable bonds is 1. The highest BCUT2D eigenvalue weighted by Crippen LogP contribution is 2.47. The predicted octanol–water partition coefficient (Wildman–Crippen LogP) is 2.90. The molecular weight excluding hydrogens is 210 g/mol. The molecule has 1 aliphatic carbocycles. The lowest BCUT2D eigenvalue weighted by atomic mass is 9.74. The van der Waals surface area contributed by atoms with E-state index in [0.717, 1.165) is 12.1 Å². The van der Waals surface area contributed by atoms with Gasteiger partial charge in [0.2, 0.25) is 0 Å². The fourth-order valence-electron chi connectivity index (χ4n) is 3.63. The second kappa shape index (κ2) is 4.02. The Morgan fingerprint density at radius 1 is 1.18 bits per heavy atom. The SMILES string of the molecule is CN1CC(O)(C2CCCCC2)c2ccccc21. The van der Waals surface area contributed by atoms with Gasteiger partial charge in [0.1, 0.15) is 5.60 Å². The van der Waals surface area contributed by atoms with Crippen LogP contribution < -0.4 is 4.90 Å². The third-order valence-corrected chi connectivity index (χ3v) is 4.54. The van der Waals surface area contributed by atoms with E-state index in [4.69, 9.17) is 0 Å². The Labute approximate surface area is 103 Å². The van der Waals surface area contributed by atoms with Crippen LogP contribution in [-0.2, 0) is 5.60 Å². The van der Waals surface area contributed by atoms with Gasteiger partial charge in [0.05, 0.1) is 6.54 Å². The molecule has 1 fully saturated rings. The van der Waals surface area contributed by atoms with Crippen LogP contribution in [0.5, 0.6) is 0 Å². The summed E-state index contributed by atoms with van der Waals surface area (Å²) in [6, 6.07) is 8.33. The number of nitrogens with zero attached hydrogens (tertiary/aromatic N) is 1. The van der Waals surface area contributed by atoms with Crippen molar-refractivity contribution in [3.05, 3.63) is 29.8 Å². The van der Waals surface area contributed by atoms with E-state index in [0.29, 0.717) is 5.92 Å². The summed E-state index contributed by atoms with van der Waals surface area (Å²) in [6.07, 6.45) is 6.25. The number of fused-ring (bicyclic) bond motifs is 1. The zero-order valence-corrected chi connectivity index (χ0v) is 10.5. The summed E-state index contributed by atoms with van der Waals surface area (Å²) in [5, 5.41) is 11.1. The van der Waals surface area contributed by atoms with Crippen molar-refractivity contribution in [2.75, 3.05) is 18.5 Å². The monoisotopic (exact) mass is 231 g/mol. The molecule has 1 saturated carbocycles. The highest BCUT2D eigenvalue weighted by molar-refractivity contribution is 5.61. The number of benzene rings is 1. The first-order valence-electron chi connectivity index (χ1n) is 6.75. The van der Waals surface area contributed by atoms with Gasteiger partial charge in [-0.2, -0.15) is 0 Å². The molecule has 1 aromatic carbocycles. The predicted molar refractivity (Wildman–Crippen MR) is 70.2 cm³/mol. The molecule has 1 aromatic rings. The van der Waals surface area contributed by atoms with Crippen molar-refractivity contribution >= 4 is 5.69 Å². The molecule has 2 aliphatic rings. The van der Waals surface area contributed by atoms with Crippen LogP contribution in [0.2, 0.25) is 0 Å². The van der Waals surface area contributed by atoms with Gasteiger partial charge in [-0.3, -0.25) is 0 Å². The summed E-state index contributed by atoms with van der Waals surface area (Å²) < 4.78 is 0. The molecule has 2 heteroatoms. The van der Waals surface area contributed by atoms with Crippen molar-refractivity contribution in [1.82, 2.24) is 0 Å². The van der Waals surface area contributed by atoms with Gasteiger partial charge in [0.25, 0.3) is 0 Å². The lowest BCUT2D eigenvalue weighted by molar-refractivity contribution is -0.0234. The van der Waals surface area contributed by atoms with Crippen molar-refractivity contribution < 1.29 is 5.11 Å². The van der Waals surface area contributed by atoms with Gasteiger partial charge in [0.15, 0.2) is 0 Å². The number of anilines is 1. The number of aliphatic hydroxyl groups is 1. The van der Waals surface area contributed by atoms with E-state index in [9.17, 15) is 5.11 Å². The van der Waals surface area contributed by atoms with E-state index in [1.54, 1.807) is 0 Å². The van der Waals surface area contributed by atoms with Crippen LogP contribution in [0, 0.1) is 5.92 Å². The largest absolute Gasteiger partial charge is 0.383 e. The highest BCUT2D eigenvalue weighted by Gasteiger charge is 2.45. The van der Waals surface area contributed by atoms with Crippen molar-refractivity contribution in [2.24, 2.45) is 5.92 Å². The number of likely N-dealkylation sites (N-methyl/N-ethyl adjacent to an activating group) is 1. The average molecular weight is 231 g/mol. The third kappa shape index (κ3) is 1.66. The minimum Gasteiger partial charge on any atom is -0.383 e. The first kappa shape index (κ1) is 11.1. The van der Waals surface area contributed by atoms with Gasteiger partial charge in [-0.05, 0) is 24.8 Å². The molecule has 2 nitrogen and oxygen atoms in total. The Kier molecular flexibility index (Phi) is 2.62. The number of β-amino-alcohol motifs (C(OH)–C–C–N with tert-alkyl or cyclic N) is 1. The van der Waals surface area contributed by atoms with E-state index in [1.807, 2.05) is 6.07 Å². The Balaban J connectivity index is 1.98. The van der Waals surface area contributed by atoms with Crippen molar-refractivity contribution in [3.8, 4) is 0 Å². The molecule has 1 atom stereocenters. The second-order valence-corrected chi connectivity index (χ2v) is 5.63. The Morgan fingerprint density at radius 2 is 1.88 bits per heavy atom. The van der Waals surface area contributed by atoms with Crippen LogP contribution in [0.15, 0.2) is 24.3 Å². The molecule has 0 bridgehead atoms. The summed E-state index contributed by atoms with van der Waals surface area (Å²) >= 11 is 0. The Hall–Kier alpha value is -1.02. The fourth-order valence-corrected chi connectivity index (χ4v) is 3.63. The van der Waals surface area contributed by atoms with Crippen LogP contribution in [0.25, 0.3) is 0 Å². The van der Waals surface area contributed by atoms with E-state index < -0.39 is 5.60 Å². The smallest absolute Gasteiger partial charge is 0.112 e. The van der Waals surface area contributed by atoms with Gasteiger partial charge in [-0.1, -0.05) is 37.5 Å². The molecule has 17 heavy (non-hydrogen) atoms. The molecule has 1 unspecified atom stereocenters. The van der Waals surface area contributed by atoms with E-state index in [-0.39, 0.29) is 0 Å². The molecule has 0 radical (unpaired) electrons. The summed E-state index contributed by atoms with van der Waals surface area (Å²) in [6.45, 7) is 0.761. The molecule has 1 aliphatic heterocycles. The maximum atomic E-state index is 11.1. The lowest BCUT2D eigenvalue weighted by Crippen LogP contribution is -2.40. The van der Waals surface area contributed by atoms with Crippen LogP contribution in [0.4, 0.5) is 5.69 Å². The van der Waals surface area contributed by atoms with Gasteiger partial charge in [-0.15, -0.1) is 0 Å². The van der Waals surface area contributed by atoms with Gasteiger partial charge in [0, 0.05) is 18.3 Å². The molecule has 0 aromatic heterocycles. The number of hydrogen-bond donors (Lipinski definition) is 1. The maximum Gasteiger partial charge on any atom is 0.112 e. The highest BCUT2D eigenvalue weighted by atomic mass is 16.3. The summed E-state index contributed by atoms with van der Waals surface area (Å²) in [7, 11) is 2.08. The maximum absolute atomic E-state index is 11.1. The average Bonchev–Trinajstić information content (AvgIpc) is 2.65. The lowest BCUT2D eigenvalue weighted by Gasteiger charge is -2.36. The molecular formula is C15H21NO. The minimum absolute atomic E-state index is 0.447. The second-order valence-electron chi connectivity index (χ2n) is 5.63. The molecule has 3 rings (SSSR count). The van der Waals surface area contributed by atoms with Crippen LogP contribution in [0.1, 0.15) is 37.7 Å².